The number of aromatic hydroxyl groups is 1. The van der Waals surface area contributed by atoms with Gasteiger partial charge in [0, 0.05) is 10.9 Å². The number of hydrogen-bond donors (Lipinski definition) is 1. The van der Waals surface area contributed by atoms with Crippen molar-refractivity contribution in [2.24, 2.45) is 0 Å². The Morgan fingerprint density at radius 1 is 1.21 bits per heavy atom. The van der Waals surface area contributed by atoms with Crippen LogP contribution in [0.2, 0.25) is 0 Å². The quantitative estimate of drug-likeness (QED) is 0.516. The molecule has 0 amide bonds. The van der Waals surface area contributed by atoms with E-state index in [1.54, 1.807) is 0 Å². The van der Waals surface area contributed by atoms with Gasteiger partial charge in [-0.25, -0.2) is 0 Å². The molecule has 0 saturated carbocycles. The number of carbonyl (C=O) groups is 1. The molecule has 2 aromatic carbocycles. The van der Waals surface area contributed by atoms with Gasteiger partial charge in [0.05, 0.1) is 0 Å². The highest BCUT2D eigenvalue weighted by molar-refractivity contribution is 6.03. The van der Waals surface area contributed by atoms with Gasteiger partial charge < -0.3 is 5.11 Å². The zero-order valence-electron chi connectivity index (χ0n) is 15.4. The zero-order chi connectivity index (χ0) is 17.9. The van der Waals surface area contributed by atoms with Gasteiger partial charge >= 0.3 is 0 Å². The predicted octanol–water partition coefficient (Wildman–Crippen LogP) is 6.08. The molecule has 128 valence electrons. The molecule has 2 heteroatoms. The van der Waals surface area contributed by atoms with Crippen LogP contribution in [0.1, 0.15) is 68.4 Å². The molecular weight excluding hydrogens is 296 g/mol. The third kappa shape index (κ3) is 3.38. The second-order valence-electron chi connectivity index (χ2n) is 7.31. The first-order valence-electron chi connectivity index (χ1n) is 8.69. The molecule has 0 aliphatic carbocycles. The topological polar surface area (TPSA) is 37.3 Å². The summed E-state index contributed by atoms with van der Waals surface area (Å²) in [5.74, 6) is 0.286. The Balaban J connectivity index is 2.64. The van der Waals surface area contributed by atoms with E-state index in [-0.39, 0.29) is 11.2 Å². The maximum atomic E-state index is 11.9. The Bertz CT molecular complexity index is 782. The van der Waals surface area contributed by atoms with Crippen LogP contribution in [0.15, 0.2) is 35.9 Å². The highest BCUT2D eigenvalue weighted by Crippen LogP contribution is 2.41. The van der Waals surface area contributed by atoms with E-state index in [4.69, 9.17) is 0 Å². The maximum Gasteiger partial charge on any atom is 0.150 e. The minimum absolute atomic E-state index is 0.225. The second-order valence-corrected chi connectivity index (χ2v) is 7.31. The molecule has 2 nitrogen and oxygen atoms in total. The van der Waals surface area contributed by atoms with E-state index in [1.165, 1.54) is 5.57 Å². The fraction of sp³-hybridized carbons (Fsp3) is 0.409. The number of aldehydes is 1. The summed E-state index contributed by atoms with van der Waals surface area (Å²) in [5.41, 5.74) is 3.61. The Morgan fingerprint density at radius 2 is 1.83 bits per heavy atom. The summed E-state index contributed by atoms with van der Waals surface area (Å²) < 4.78 is 0. The first-order chi connectivity index (χ1) is 11.3. The summed E-state index contributed by atoms with van der Waals surface area (Å²) >= 11 is 0. The largest absolute Gasteiger partial charge is 0.507 e. The van der Waals surface area contributed by atoms with E-state index in [2.05, 4.69) is 33.8 Å². The molecule has 0 fully saturated rings. The fourth-order valence-electron chi connectivity index (χ4n) is 3.60. The Kier molecular flexibility index (Phi) is 5.48. The molecule has 24 heavy (non-hydrogen) atoms. The van der Waals surface area contributed by atoms with Crippen molar-refractivity contribution in [1.29, 1.82) is 0 Å². The van der Waals surface area contributed by atoms with Crippen molar-refractivity contribution in [2.75, 3.05) is 0 Å². The first kappa shape index (κ1) is 18.3. The number of phenols is 1. The lowest BCUT2D eigenvalue weighted by molar-refractivity contribution is 0.112. The molecule has 0 radical (unpaired) electrons. The number of hydrogen-bond acceptors (Lipinski definition) is 2. The van der Waals surface area contributed by atoms with E-state index >= 15 is 0 Å². The van der Waals surface area contributed by atoms with Crippen LogP contribution in [-0.2, 0) is 5.41 Å². The van der Waals surface area contributed by atoms with Crippen LogP contribution >= 0.6 is 0 Å². The highest BCUT2D eigenvalue weighted by Gasteiger charge is 2.28. The van der Waals surface area contributed by atoms with Crippen molar-refractivity contribution >= 4 is 17.1 Å². The number of phenolic OH excluding ortho intramolecular Hbond substituents is 1. The Morgan fingerprint density at radius 3 is 2.42 bits per heavy atom. The van der Waals surface area contributed by atoms with Gasteiger partial charge in [0.25, 0.3) is 0 Å². The van der Waals surface area contributed by atoms with Gasteiger partial charge in [0.15, 0.2) is 6.29 Å². The van der Waals surface area contributed by atoms with Crippen molar-refractivity contribution in [1.82, 2.24) is 0 Å². The molecule has 0 aliphatic heterocycles. The van der Waals surface area contributed by atoms with Crippen LogP contribution in [0.4, 0.5) is 0 Å². The van der Waals surface area contributed by atoms with Crippen molar-refractivity contribution in [3.8, 4) is 5.75 Å². The normalized spacial score (nSPS) is 12.6. The van der Waals surface area contributed by atoms with Crippen LogP contribution in [-0.4, -0.2) is 11.4 Å². The summed E-state index contributed by atoms with van der Waals surface area (Å²) in [6.07, 6.45) is 6.28. The number of rotatable bonds is 6. The van der Waals surface area contributed by atoms with E-state index in [1.807, 2.05) is 31.2 Å². The lowest BCUT2D eigenvalue weighted by Crippen LogP contribution is -2.20. The van der Waals surface area contributed by atoms with Gasteiger partial charge in [-0.3, -0.25) is 4.79 Å². The zero-order valence-corrected chi connectivity index (χ0v) is 15.4. The summed E-state index contributed by atoms with van der Waals surface area (Å²) in [7, 11) is 0. The summed E-state index contributed by atoms with van der Waals surface area (Å²) in [5, 5.41) is 12.2. The van der Waals surface area contributed by atoms with E-state index < -0.39 is 0 Å². The molecule has 0 atom stereocenters. The smallest absolute Gasteiger partial charge is 0.150 e. The number of carbonyl (C=O) groups excluding carboxylic acids is 1. The van der Waals surface area contributed by atoms with Gasteiger partial charge in [-0.05, 0) is 48.6 Å². The minimum atomic E-state index is -0.225. The van der Waals surface area contributed by atoms with Crippen molar-refractivity contribution in [3.63, 3.8) is 0 Å². The van der Waals surface area contributed by atoms with E-state index in [0.29, 0.717) is 5.56 Å². The summed E-state index contributed by atoms with van der Waals surface area (Å²) in [4.78, 5) is 11.9. The third-order valence-electron chi connectivity index (χ3n) is 4.87. The van der Waals surface area contributed by atoms with E-state index in [0.717, 1.165) is 47.4 Å². The molecule has 0 unspecified atom stereocenters. The molecular formula is C22H28O2. The lowest BCUT2D eigenvalue weighted by Gasteiger charge is -2.29. The molecule has 0 saturated heterocycles. The number of fused-ring (bicyclic) bond motifs is 1. The molecule has 0 bridgehead atoms. The average molecular weight is 324 g/mol. The third-order valence-corrected chi connectivity index (χ3v) is 4.87. The monoisotopic (exact) mass is 324 g/mol. The van der Waals surface area contributed by atoms with Gasteiger partial charge in [-0.2, -0.15) is 0 Å². The van der Waals surface area contributed by atoms with Crippen molar-refractivity contribution in [2.45, 2.75) is 59.3 Å². The maximum absolute atomic E-state index is 11.9. The second kappa shape index (κ2) is 7.21. The summed E-state index contributed by atoms with van der Waals surface area (Å²) in [6.45, 7) is 10.5. The highest BCUT2D eigenvalue weighted by atomic mass is 16.3. The molecule has 0 aromatic heterocycles. The first-order valence-corrected chi connectivity index (χ1v) is 8.69. The van der Waals surface area contributed by atoms with Crippen molar-refractivity contribution < 1.29 is 9.90 Å². The average Bonchev–Trinajstić information content (AvgIpc) is 2.56. The Labute approximate surface area is 145 Å². The molecule has 0 heterocycles. The molecule has 1 N–H and O–H groups in total. The van der Waals surface area contributed by atoms with Gasteiger partial charge in [-0.15, -0.1) is 0 Å². The van der Waals surface area contributed by atoms with Gasteiger partial charge in [0.2, 0.25) is 0 Å². The van der Waals surface area contributed by atoms with Crippen LogP contribution < -0.4 is 0 Å². The molecule has 2 aromatic rings. The van der Waals surface area contributed by atoms with Crippen LogP contribution in [0, 0.1) is 6.92 Å². The van der Waals surface area contributed by atoms with Crippen LogP contribution in [0.25, 0.3) is 10.8 Å². The number of allylic oxidation sites excluding steroid dienone is 2. The molecule has 2 rings (SSSR count). The minimum Gasteiger partial charge on any atom is -0.507 e. The van der Waals surface area contributed by atoms with E-state index in [9.17, 15) is 9.90 Å². The fourth-order valence-corrected chi connectivity index (χ4v) is 3.60. The van der Waals surface area contributed by atoms with Crippen molar-refractivity contribution in [3.05, 3.63) is 52.6 Å². The van der Waals surface area contributed by atoms with Gasteiger partial charge in [0.1, 0.15) is 5.75 Å². The molecule has 0 spiro atoms. The van der Waals surface area contributed by atoms with Crippen LogP contribution in [0.3, 0.4) is 0 Å². The number of benzene rings is 2. The molecule has 0 aliphatic rings. The Hall–Kier alpha value is -2.09. The lowest BCUT2D eigenvalue weighted by atomic mass is 9.75. The predicted molar refractivity (Wildman–Crippen MR) is 102 cm³/mol. The van der Waals surface area contributed by atoms with Crippen LogP contribution in [0.5, 0.6) is 5.75 Å². The van der Waals surface area contributed by atoms with Gasteiger partial charge in [-0.1, -0.05) is 63.1 Å². The SMILES string of the molecule is CCC/C(C)=C/CC(C)(C)c1c(C)c(O)c2ccccc2c1C=O. The summed E-state index contributed by atoms with van der Waals surface area (Å²) in [6, 6.07) is 7.58. The standard InChI is InChI=1S/C22H28O2/c1-6-9-15(2)12-13-22(4,5)20-16(3)21(24)18-11-8-7-10-17(18)19(20)14-23/h7-8,10-12,14,24H,6,9,13H2,1-5H3/b15-12+.